The maximum absolute atomic E-state index is 11.5. The van der Waals surface area contributed by atoms with E-state index in [1.807, 2.05) is 31.2 Å². The molecular formula is C12H18N2O2S. The summed E-state index contributed by atoms with van der Waals surface area (Å²) in [6.07, 6.45) is 0.809. The molecule has 0 aliphatic heterocycles. The lowest BCUT2D eigenvalue weighted by molar-refractivity contribution is 0.145. The number of para-hydroxylation sites is 1. The summed E-state index contributed by atoms with van der Waals surface area (Å²) < 4.78 is 5.17. The van der Waals surface area contributed by atoms with Crippen molar-refractivity contribution in [2.75, 3.05) is 25.1 Å². The van der Waals surface area contributed by atoms with Crippen LogP contribution in [-0.2, 0) is 4.74 Å². The molecule has 0 saturated carbocycles. The normalized spacial score (nSPS) is 10.0. The number of carbonyl (C=O) groups excluding carboxylic acids is 1. The monoisotopic (exact) mass is 254 g/mol. The summed E-state index contributed by atoms with van der Waals surface area (Å²) in [5.74, 6) is 0. The number of benzene rings is 1. The first kappa shape index (κ1) is 13.9. The van der Waals surface area contributed by atoms with Crippen LogP contribution in [0.2, 0.25) is 0 Å². The maximum atomic E-state index is 11.5. The van der Waals surface area contributed by atoms with E-state index in [4.69, 9.17) is 4.74 Å². The molecule has 0 aliphatic carbocycles. The molecule has 0 unspecified atom stereocenters. The first-order valence-corrected chi connectivity index (χ1v) is 6.09. The van der Waals surface area contributed by atoms with Gasteiger partial charge in [-0.3, -0.25) is 0 Å². The highest BCUT2D eigenvalue weighted by atomic mass is 32.1. The number of carbonyl (C=O) groups is 1. The third kappa shape index (κ3) is 5.60. The molecule has 0 spiro atoms. The van der Waals surface area contributed by atoms with Crippen molar-refractivity contribution in [3.8, 4) is 0 Å². The molecule has 94 valence electrons. The molecule has 4 nitrogen and oxygen atoms in total. The van der Waals surface area contributed by atoms with Gasteiger partial charge >= 0.3 is 6.03 Å². The van der Waals surface area contributed by atoms with Gasteiger partial charge in [-0.25, -0.2) is 4.79 Å². The van der Waals surface area contributed by atoms with Gasteiger partial charge in [-0.2, -0.15) is 0 Å². The third-order valence-corrected chi connectivity index (χ3v) is 2.50. The number of hydrogen-bond acceptors (Lipinski definition) is 3. The summed E-state index contributed by atoms with van der Waals surface area (Å²) in [5.41, 5.74) is 0.707. The van der Waals surface area contributed by atoms with Crippen molar-refractivity contribution in [3.63, 3.8) is 0 Å². The molecule has 2 amide bonds. The van der Waals surface area contributed by atoms with Gasteiger partial charge in [0.1, 0.15) is 0 Å². The Kier molecular flexibility index (Phi) is 6.50. The number of thiol groups is 1. The van der Waals surface area contributed by atoms with Crippen molar-refractivity contribution in [2.24, 2.45) is 0 Å². The quantitative estimate of drug-likeness (QED) is 0.539. The molecule has 17 heavy (non-hydrogen) atoms. The highest BCUT2D eigenvalue weighted by Gasteiger charge is 2.02. The fourth-order valence-electron chi connectivity index (χ4n) is 1.27. The molecule has 0 bridgehead atoms. The van der Waals surface area contributed by atoms with Gasteiger partial charge in [0.05, 0.1) is 5.69 Å². The van der Waals surface area contributed by atoms with Gasteiger partial charge in [0, 0.05) is 24.7 Å². The number of anilines is 1. The molecule has 0 aromatic heterocycles. The van der Waals surface area contributed by atoms with E-state index >= 15 is 0 Å². The standard InChI is InChI=1S/C12H18N2O2S/c1-2-16-9-5-8-13-12(15)14-10-6-3-4-7-11(10)17/h3-4,6-7,17H,2,5,8-9H2,1H3,(H2,13,14,15). The number of rotatable bonds is 6. The minimum atomic E-state index is -0.219. The van der Waals surface area contributed by atoms with Crippen LogP contribution in [0.5, 0.6) is 0 Å². The Bertz CT molecular complexity index is 358. The molecule has 1 aromatic carbocycles. The van der Waals surface area contributed by atoms with Crippen molar-refractivity contribution in [1.29, 1.82) is 0 Å². The highest BCUT2D eigenvalue weighted by molar-refractivity contribution is 7.80. The molecule has 2 N–H and O–H groups in total. The highest BCUT2D eigenvalue weighted by Crippen LogP contribution is 2.17. The summed E-state index contributed by atoms with van der Waals surface area (Å²) >= 11 is 4.25. The van der Waals surface area contributed by atoms with E-state index in [9.17, 15) is 4.79 Å². The second-order valence-electron chi connectivity index (χ2n) is 3.45. The largest absolute Gasteiger partial charge is 0.382 e. The number of hydrogen-bond donors (Lipinski definition) is 3. The summed E-state index contributed by atoms with van der Waals surface area (Å²) in [6.45, 7) is 3.92. The van der Waals surface area contributed by atoms with Gasteiger partial charge in [-0.15, -0.1) is 12.6 Å². The van der Waals surface area contributed by atoms with Crippen LogP contribution in [0.15, 0.2) is 29.2 Å². The van der Waals surface area contributed by atoms with Crippen molar-refractivity contribution in [3.05, 3.63) is 24.3 Å². The van der Waals surface area contributed by atoms with Crippen LogP contribution in [0.1, 0.15) is 13.3 Å². The van der Waals surface area contributed by atoms with Crippen molar-refractivity contribution in [1.82, 2.24) is 5.32 Å². The van der Waals surface area contributed by atoms with Gasteiger partial charge in [-0.1, -0.05) is 12.1 Å². The molecule has 0 radical (unpaired) electrons. The Hall–Kier alpha value is -1.20. The van der Waals surface area contributed by atoms with E-state index in [0.29, 0.717) is 25.4 Å². The first-order chi connectivity index (χ1) is 8.24. The molecule has 1 rings (SSSR count). The van der Waals surface area contributed by atoms with Gasteiger partial charge in [0.2, 0.25) is 0 Å². The Morgan fingerprint density at radius 2 is 2.18 bits per heavy atom. The number of amides is 2. The van der Waals surface area contributed by atoms with Crippen molar-refractivity contribution >= 4 is 24.3 Å². The zero-order valence-corrected chi connectivity index (χ0v) is 10.8. The van der Waals surface area contributed by atoms with E-state index in [1.165, 1.54) is 0 Å². The lowest BCUT2D eigenvalue weighted by atomic mass is 10.3. The lowest BCUT2D eigenvalue weighted by Gasteiger charge is -2.09. The first-order valence-electron chi connectivity index (χ1n) is 5.64. The van der Waals surface area contributed by atoms with Crippen LogP contribution in [0.25, 0.3) is 0 Å². The fraction of sp³-hybridized carbons (Fsp3) is 0.417. The van der Waals surface area contributed by atoms with E-state index in [1.54, 1.807) is 0 Å². The molecule has 0 atom stereocenters. The van der Waals surface area contributed by atoms with Crippen LogP contribution >= 0.6 is 12.6 Å². The smallest absolute Gasteiger partial charge is 0.319 e. The SMILES string of the molecule is CCOCCCNC(=O)Nc1ccccc1S. The predicted molar refractivity (Wildman–Crippen MR) is 71.8 cm³/mol. The Labute approximate surface area is 107 Å². The topological polar surface area (TPSA) is 50.4 Å². The van der Waals surface area contributed by atoms with Gasteiger partial charge in [0.25, 0.3) is 0 Å². The number of urea groups is 1. The minimum Gasteiger partial charge on any atom is -0.382 e. The molecular weight excluding hydrogens is 236 g/mol. The molecule has 0 aliphatic rings. The average molecular weight is 254 g/mol. The van der Waals surface area contributed by atoms with E-state index in [2.05, 4.69) is 23.3 Å². The van der Waals surface area contributed by atoms with Gasteiger partial charge in [0.15, 0.2) is 0 Å². The Morgan fingerprint density at radius 3 is 2.88 bits per heavy atom. The minimum absolute atomic E-state index is 0.219. The van der Waals surface area contributed by atoms with Crippen LogP contribution in [0.3, 0.4) is 0 Å². The number of ether oxygens (including phenoxy) is 1. The molecule has 0 heterocycles. The molecule has 5 heteroatoms. The average Bonchev–Trinajstić information content (AvgIpc) is 2.32. The third-order valence-electron chi connectivity index (χ3n) is 2.11. The lowest BCUT2D eigenvalue weighted by Crippen LogP contribution is -2.30. The maximum Gasteiger partial charge on any atom is 0.319 e. The van der Waals surface area contributed by atoms with Crippen LogP contribution in [-0.4, -0.2) is 25.8 Å². The van der Waals surface area contributed by atoms with Crippen LogP contribution in [0, 0.1) is 0 Å². The second-order valence-corrected chi connectivity index (χ2v) is 3.93. The second kappa shape index (κ2) is 7.97. The zero-order chi connectivity index (χ0) is 12.5. The van der Waals surface area contributed by atoms with Crippen molar-refractivity contribution in [2.45, 2.75) is 18.2 Å². The van der Waals surface area contributed by atoms with E-state index < -0.39 is 0 Å². The number of nitrogens with one attached hydrogen (secondary N) is 2. The zero-order valence-electron chi connectivity index (χ0n) is 9.90. The molecule has 1 aromatic rings. The summed E-state index contributed by atoms with van der Waals surface area (Å²) in [6, 6.07) is 7.14. The predicted octanol–water partition coefficient (Wildman–Crippen LogP) is 2.52. The van der Waals surface area contributed by atoms with Crippen molar-refractivity contribution < 1.29 is 9.53 Å². The summed E-state index contributed by atoms with van der Waals surface area (Å²) in [7, 11) is 0. The van der Waals surface area contributed by atoms with E-state index in [0.717, 1.165) is 11.3 Å². The van der Waals surface area contributed by atoms with Crippen LogP contribution < -0.4 is 10.6 Å². The Balaban J connectivity index is 2.23. The fourth-order valence-corrected chi connectivity index (χ4v) is 1.48. The Morgan fingerprint density at radius 1 is 1.41 bits per heavy atom. The van der Waals surface area contributed by atoms with E-state index in [-0.39, 0.29) is 6.03 Å². The van der Waals surface area contributed by atoms with Gasteiger partial charge in [-0.05, 0) is 25.5 Å². The molecule has 0 fully saturated rings. The molecule has 0 saturated heterocycles. The van der Waals surface area contributed by atoms with Crippen LogP contribution in [0.4, 0.5) is 10.5 Å². The summed E-state index contributed by atoms with van der Waals surface area (Å²) in [5, 5.41) is 5.49. The van der Waals surface area contributed by atoms with Gasteiger partial charge < -0.3 is 15.4 Å². The summed E-state index contributed by atoms with van der Waals surface area (Å²) in [4.78, 5) is 12.2.